The molecule has 0 aliphatic heterocycles. The average Bonchev–Trinajstić information content (AvgIpc) is 3.25. The van der Waals surface area contributed by atoms with Crippen LogP contribution in [0.2, 0.25) is 0 Å². The second-order valence-corrected chi connectivity index (χ2v) is 7.66. The molecule has 0 aliphatic carbocycles. The van der Waals surface area contributed by atoms with Crippen LogP contribution in [-0.2, 0) is 13.0 Å². The molecule has 0 spiro atoms. The number of hydrogen-bond acceptors (Lipinski definition) is 6. The molecule has 0 saturated carbocycles. The number of benzene rings is 3. The smallest absolute Gasteiger partial charge is 0.298 e. The Labute approximate surface area is 188 Å². The molecule has 1 heterocycles. The van der Waals surface area contributed by atoms with Crippen molar-refractivity contribution in [1.82, 2.24) is 14.7 Å². The predicted molar refractivity (Wildman–Crippen MR) is 120 cm³/mol. The third-order valence-electron chi connectivity index (χ3n) is 4.61. The maximum atomic E-state index is 13.0. The molecule has 1 aromatic heterocycles. The van der Waals surface area contributed by atoms with Gasteiger partial charge in [0, 0.05) is 30.1 Å². The summed E-state index contributed by atoms with van der Waals surface area (Å²) in [6.07, 6.45) is 0.558. The molecule has 6 nitrogen and oxygen atoms in total. The Morgan fingerprint density at radius 3 is 2.59 bits per heavy atom. The van der Waals surface area contributed by atoms with E-state index < -0.39 is 0 Å². The number of hydrogen-bond donors (Lipinski definition) is 1. The molecular formula is C24H20FN3O3S. The van der Waals surface area contributed by atoms with Gasteiger partial charge in [0.25, 0.3) is 11.1 Å². The van der Waals surface area contributed by atoms with Crippen LogP contribution < -0.4 is 14.8 Å². The van der Waals surface area contributed by atoms with Crippen molar-refractivity contribution >= 4 is 17.4 Å². The Morgan fingerprint density at radius 2 is 1.78 bits per heavy atom. The third-order valence-corrected chi connectivity index (χ3v) is 5.25. The lowest BCUT2D eigenvalue weighted by molar-refractivity contribution is 0.0950. The highest BCUT2D eigenvalue weighted by molar-refractivity contribution is 7.07. The van der Waals surface area contributed by atoms with Crippen molar-refractivity contribution in [1.29, 1.82) is 0 Å². The van der Waals surface area contributed by atoms with Gasteiger partial charge >= 0.3 is 0 Å². The SMILES string of the molecule is COc1cccc(Cc2nsc(Oc3cccc(C(=O)NCc4ccc(F)cc4)c3)n2)c1. The zero-order valence-electron chi connectivity index (χ0n) is 17.2. The predicted octanol–water partition coefficient (Wildman–Crippen LogP) is 5.00. The van der Waals surface area contributed by atoms with E-state index in [1.807, 2.05) is 24.3 Å². The number of carbonyl (C=O) groups is 1. The monoisotopic (exact) mass is 449 g/mol. The molecule has 4 rings (SSSR count). The molecule has 1 N–H and O–H groups in total. The molecular weight excluding hydrogens is 429 g/mol. The maximum Gasteiger partial charge on any atom is 0.298 e. The van der Waals surface area contributed by atoms with Crippen molar-refractivity contribution in [2.24, 2.45) is 0 Å². The van der Waals surface area contributed by atoms with Gasteiger partial charge in [-0.05, 0) is 53.6 Å². The fraction of sp³-hybridized carbons (Fsp3) is 0.125. The first-order valence-corrected chi connectivity index (χ1v) is 10.6. The summed E-state index contributed by atoms with van der Waals surface area (Å²) in [5, 5.41) is 3.21. The molecule has 0 unspecified atom stereocenters. The lowest BCUT2D eigenvalue weighted by Gasteiger charge is -2.07. The largest absolute Gasteiger partial charge is 0.497 e. The van der Waals surface area contributed by atoms with Gasteiger partial charge in [-0.15, -0.1) is 0 Å². The molecule has 0 saturated heterocycles. The van der Waals surface area contributed by atoms with Crippen molar-refractivity contribution < 1.29 is 18.7 Å². The fourth-order valence-electron chi connectivity index (χ4n) is 3.00. The van der Waals surface area contributed by atoms with E-state index in [4.69, 9.17) is 9.47 Å². The number of carbonyl (C=O) groups excluding carboxylic acids is 1. The van der Waals surface area contributed by atoms with Crippen LogP contribution in [0.5, 0.6) is 16.7 Å². The molecule has 0 radical (unpaired) electrons. The van der Waals surface area contributed by atoms with E-state index in [0.717, 1.165) is 28.4 Å². The topological polar surface area (TPSA) is 73.3 Å². The van der Waals surface area contributed by atoms with E-state index in [0.29, 0.717) is 35.3 Å². The van der Waals surface area contributed by atoms with Crippen molar-refractivity contribution in [2.75, 3.05) is 7.11 Å². The first kappa shape index (κ1) is 21.5. The minimum absolute atomic E-state index is 0.254. The summed E-state index contributed by atoms with van der Waals surface area (Å²) in [6.45, 7) is 0.300. The van der Waals surface area contributed by atoms with Crippen molar-refractivity contribution in [3.05, 3.63) is 101 Å². The number of amides is 1. The second kappa shape index (κ2) is 10.0. The number of methoxy groups -OCH3 is 1. The number of nitrogens with one attached hydrogen (secondary N) is 1. The second-order valence-electron chi connectivity index (χ2n) is 6.94. The van der Waals surface area contributed by atoms with E-state index in [1.165, 1.54) is 12.1 Å². The lowest BCUT2D eigenvalue weighted by Crippen LogP contribution is -2.22. The van der Waals surface area contributed by atoms with Crippen LogP contribution in [0.25, 0.3) is 0 Å². The summed E-state index contributed by atoms with van der Waals surface area (Å²) in [6, 6.07) is 20.5. The van der Waals surface area contributed by atoms with Crippen LogP contribution >= 0.6 is 11.5 Å². The lowest BCUT2D eigenvalue weighted by atomic mass is 10.1. The molecule has 0 aliphatic rings. The van der Waals surface area contributed by atoms with E-state index >= 15 is 0 Å². The first-order valence-electron chi connectivity index (χ1n) is 9.85. The highest BCUT2D eigenvalue weighted by Gasteiger charge is 2.11. The molecule has 3 aromatic carbocycles. The molecule has 162 valence electrons. The van der Waals surface area contributed by atoms with E-state index in [-0.39, 0.29) is 11.7 Å². The summed E-state index contributed by atoms with van der Waals surface area (Å²) < 4.78 is 28.4. The molecule has 0 atom stereocenters. The molecule has 1 amide bonds. The molecule has 0 fully saturated rings. The van der Waals surface area contributed by atoms with Gasteiger partial charge < -0.3 is 14.8 Å². The van der Waals surface area contributed by atoms with Gasteiger partial charge in [0.05, 0.1) is 7.11 Å². The first-order chi connectivity index (χ1) is 15.6. The Morgan fingerprint density at radius 1 is 1.00 bits per heavy atom. The van der Waals surface area contributed by atoms with Gasteiger partial charge in [0.1, 0.15) is 17.3 Å². The van der Waals surface area contributed by atoms with Crippen molar-refractivity contribution in [3.63, 3.8) is 0 Å². The minimum atomic E-state index is -0.312. The Hall–Kier alpha value is -3.78. The zero-order chi connectivity index (χ0) is 22.3. The van der Waals surface area contributed by atoms with Gasteiger partial charge in [0.2, 0.25) is 0 Å². The highest BCUT2D eigenvalue weighted by Crippen LogP contribution is 2.25. The maximum absolute atomic E-state index is 13.0. The molecule has 32 heavy (non-hydrogen) atoms. The van der Waals surface area contributed by atoms with E-state index in [9.17, 15) is 9.18 Å². The summed E-state index contributed by atoms with van der Waals surface area (Å²) >= 11 is 1.15. The standard InChI is InChI=1S/C24H20FN3O3S/c1-30-20-6-2-4-17(12-20)13-22-27-24(32-28-22)31-21-7-3-5-18(14-21)23(29)26-15-16-8-10-19(25)11-9-16/h2-12,14H,13,15H2,1H3,(H,26,29). The summed E-state index contributed by atoms with van der Waals surface area (Å²) in [4.78, 5) is 16.9. The number of aromatic nitrogens is 2. The van der Waals surface area contributed by atoms with Gasteiger partial charge in [-0.25, -0.2) is 4.39 Å². The van der Waals surface area contributed by atoms with Crippen LogP contribution in [0, 0.1) is 5.82 Å². The number of rotatable bonds is 8. The summed E-state index contributed by atoms with van der Waals surface area (Å²) in [5.74, 6) is 1.35. The normalized spacial score (nSPS) is 10.6. The number of nitrogens with zero attached hydrogens (tertiary/aromatic N) is 2. The Bertz CT molecular complexity index is 1210. The van der Waals surface area contributed by atoms with E-state index in [1.54, 1.807) is 43.5 Å². The zero-order valence-corrected chi connectivity index (χ0v) is 18.1. The van der Waals surface area contributed by atoms with Crippen LogP contribution in [0.3, 0.4) is 0 Å². The quantitative estimate of drug-likeness (QED) is 0.410. The fourth-order valence-corrected chi connectivity index (χ4v) is 3.57. The third kappa shape index (κ3) is 5.67. The van der Waals surface area contributed by atoms with Gasteiger partial charge in [-0.3, -0.25) is 4.79 Å². The van der Waals surface area contributed by atoms with Crippen LogP contribution in [-0.4, -0.2) is 22.4 Å². The van der Waals surface area contributed by atoms with Gasteiger partial charge in [-0.2, -0.15) is 9.36 Å². The summed E-state index contributed by atoms with van der Waals surface area (Å²) in [5.41, 5.74) is 2.30. The molecule has 4 aromatic rings. The summed E-state index contributed by atoms with van der Waals surface area (Å²) in [7, 11) is 1.63. The van der Waals surface area contributed by atoms with Crippen molar-refractivity contribution in [3.8, 4) is 16.7 Å². The molecule has 8 heteroatoms. The highest BCUT2D eigenvalue weighted by atomic mass is 32.1. The van der Waals surface area contributed by atoms with Crippen molar-refractivity contribution in [2.45, 2.75) is 13.0 Å². The Balaban J connectivity index is 1.37. The number of halogens is 1. The van der Waals surface area contributed by atoms with E-state index in [2.05, 4.69) is 14.7 Å². The molecule has 0 bridgehead atoms. The van der Waals surface area contributed by atoms with Crippen LogP contribution in [0.1, 0.15) is 27.3 Å². The average molecular weight is 450 g/mol. The van der Waals surface area contributed by atoms with Gasteiger partial charge in [-0.1, -0.05) is 30.3 Å². The van der Waals surface area contributed by atoms with Crippen LogP contribution in [0.15, 0.2) is 72.8 Å². The van der Waals surface area contributed by atoms with Crippen LogP contribution in [0.4, 0.5) is 4.39 Å². The Kier molecular flexibility index (Phi) is 6.72. The number of ether oxygens (including phenoxy) is 2. The minimum Gasteiger partial charge on any atom is -0.497 e. The van der Waals surface area contributed by atoms with Gasteiger partial charge in [0.15, 0.2) is 5.82 Å².